The minimum atomic E-state index is -0.757. The Bertz CT molecular complexity index is 700. The van der Waals surface area contributed by atoms with Gasteiger partial charge in [0.25, 0.3) is 5.56 Å². The first-order valence-electron chi connectivity index (χ1n) is 7.21. The molecule has 0 bridgehead atoms. The Kier molecular flexibility index (Phi) is 4.75. The summed E-state index contributed by atoms with van der Waals surface area (Å²) < 4.78 is 5.88. The first-order valence-corrected chi connectivity index (χ1v) is 7.21. The van der Waals surface area contributed by atoms with Crippen LogP contribution in [-0.4, -0.2) is 21.5 Å². The van der Waals surface area contributed by atoms with Crippen molar-refractivity contribution in [3.8, 4) is 0 Å². The van der Waals surface area contributed by atoms with E-state index in [1.165, 1.54) is 17.8 Å². The average molecular weight is 300 g/mol. The summed E-state index contributed by atoms with van der Waals surface area (Å²) in [5.74, 6) is 0. The summed E-state index contributed by atoms with van der Waals surface area (Å²) in [5, 5.41) is 3.90. The Morgan fingerprint density at radius 3 is 2.36 bits per heavy atom. The van der Waals surface area contributed by atoms with Crippen molar-refractivity contribution in [2.75, 3.05) is 0 Å². The maximum Gasteiger partial charge on any atom is 0.438 e. The van der Waals surface area contributed by atoms with E-state index < -0.39 is 17.3 Å². The van der Waals surface area contributed by atoms with Crippen LogP contribution in [0.4, 0.5) is 4.79 Å². The number of hydrogen-bond acceptors (Lipinski definition) is 4. The molecule has 0 saturated carbocycles. The zero-order valence-corrected chi connectivity index (χ0v) is 13.1. The van der Waals surface area contributed by atoms with Crippen molar-refractivity contribution in [3.05, 3.63) is 64.1 Å². The number of hydrogen-bond donors (Lipinski definition) is 0. The van der Waals surface area contributed by atoms with E-state index in [4.69, 9.17) is 4.74 Å². The monoisotopic (exact) mass is 300 g/mol. The van der Waals surface area contributed by atoms with E-state index in [9.17, 15) is 9.59 Å². The van der Waals surface area contributed by atoms with Crippen LogP contribution in [0.15, 0.2) is 47.4 Å². The molecular formula is C17H20N2O3. The number of carbonyl (C=O) groups is 1. The molecule has 5 heteroatoms. The molecule has 0 aliphatic heterocycles. The lowest BCUT2D eigenvalue weighted by Gasteiger charge is -2.19. The van der Waals surface area contributed by atoms with Crippen LogP contribution >= 0.6 is 0 Å². The van der Waals surface area contributed by atoms with Crippen molar-refractivity contribution in [1.82, 2.24) is 9.78 Å². The number of rotatable bonds is 3. The number of benzene rings is 1. The quantitative estimate of drug-likeness (QED) is 0.874. The second-order valence-corrected chi connectivity index (χ2v) is 6.08. The highest BCUT2D eigenvalue weighted by Gasteiger charge is 2.19. The van der Waals surface area contributed by atoms with Gasteiger partial charge >= 0.3 is 6.09 Å². The van der Waals surface area contributed by atoms with Crippen molar-refractivity contribution < 1.29 is 9.53 Å². The van der Waals surface area contributed by atoms with Crippen LogP contribution in [0.3, 0.4) is 0 Å². The summed E-state index contributed by atoms with van der Waals surface area (Å²) in [4.78, 5) is 23.8. The van der Waals surface area contributed by atoms with Crippen molar-refractivity contribution in [2.24, 2.45) is 0 Å². The fourth-order valence-electron chi connectivity index (χ4n) is 1.96. The number of carbonyl (C=O) groups excluding carboxylic acids is 1. The third-order valence-electron chi connectivity index (χ3n) is 2.97. The normalized spacial score (nSPS) is 11.2. The molecule has 1 aromatic carbocycles. The van der Waals surface area contributed by atoms with Gasteiger partial charge in [-0.15, -0.1) is 4.68 Å². The molecule has 0 unspecified atom stereocenters. The van der Waals surface area contributed by atoms with Crippen LogP contribution < -0.4 is 5.56 Å². The van der Waals surface area contributed by atoms with Gasteiger partial charge in [-0.05, 0) is 44.7 Å². The van der Waals surface area contributed by atoms with Crippen LogP contribution in [0.25, 0.3) is 0 Å². The zero-order chi connectivity index (χ0) is 16.2. The topological polar surface area (TPSA) is 61.2 Å². The summed E-state index contributed by atoms with van der Waals surface area (Å²) in [6.07, 6.45) is 2.29. The predicted molar refractivity (Wildman–Crippen MR) is 84.0 cm³/mol. The van der Waals surface area contributed by atoms with Gasteiger partial charge in [-0.25, -0.2) is 4.79 Å². The molecule has 0 aliphatic rings. The van der Waals surface area contributed by atoms with Gasteiger partial charge in [0, 0.05) is 6.07 Å². The fourth-order valence-corrected chi connectivity index (χ4v) is 1.96. The van der Waals surface area contributed by atoms with Gasteiger partial charge in [0.15, 0.2) is 0 Å². The highest BCUT2D eigenvalue weighted by molar-refractivity contribution is 5.69. The van der Waals surface area contributed by atoms with Crippen LogP contribution in [0, 0.1) is 0 Å². The Morgan fingerprint density at radius 2 is 1.77 bits per heavy atom. The van der Waals surface area contributed by atoms with Crippen molar-refractivity contribution in [1.29, 1.82) is 0 Å². The van der Waals surface area contributed by atoms with Crippen molar-refractivity contribution in [2.45, 2.75) is 39.2 Å². The van der Waals surface area contributed by atoms with Gasteiger partial charge in [0.05, 0.1) is 6.20 Å². The molecule has 0 spiro atoms. The molecule has 0 fully saturated rings. The van der Waals surface area contributed by atoms with E-state index >= 15 is 0 Å². The molecule has 5 nitrogen and oxygen atoms in total. The number of nitrogens with zero attached hydrogens (tertiary/aromatic N) is 2. The zero-order valence-electron chi connectivity index (χ0n) is 13.1. The highest BCUT2D eigenvalue weighted by Crippen LogP contribution is 2.08. The van der Waals surface area contributed by atoms with Gasteiger partial charge in [0.1, 0.15) is 5.60 Å². The van der Waals surface area contributed by atoms with Gasteiger partial charge in [-0.1, -0.05) is 30.3 Å². The molecule has 0 N–H and O–H groups in total. The molecular weight excluding hydrogens is 280 g/mol. The lowest BCUT2D eigenvalue weighted by atomic mass is 10.1. The summed E-state index contributed by atoms with van der Waals surface area (Å²) in [6.45, 7) is 5.22. The van der Waals surface area contributed by atoms with E-state index in [0.717, 1.165) is 16.7 Å². The molecule has 116 valence electrons. The van der Waals surface area contributed by atoms with Crippen molar-refractivity contribution in [3.63, 3.8) is 0 Å². The van der Waals surface area contributed by atoms with E-state index in [1.54, 1.807) is 20.8 Å². The fraction of sp³-hybridized carbons (Fsp3) is 0.353. The van der Waals surface area contributed by atoms with Gasteiger partial charge < -0.3 is 4.74 Å². The predicted octanol–water partition coefficient (Wildman–Crippen LogP) is 2.81. The molecule has 2 aromatic rings. The Morgan fingerprint density at radius 1 is 1.14 bits per heavy atom. The molecule has 0 amide bonds. The molecule has 1 aromatic heterocycles. The highest BCUT2D eigenvalue weighted by atomic mass is 16.6. The average Bonchev–Trinajstić information content (AvgIpc) is 2.44. The summed E-state index contributed by atoms with van der Waals surface area (Å²) >= 11 is 0. The van der Waals surface area contributed by atoms with E-state index in [0.29, 0.717) is 6.42 Å². The number of aryl methyl sites for hydroxylation is 2. The molecule has 0 aliphatic carbocycles. The van der Waals surface area contributed by atoms with Crippen LogP contribution in [0.5, 0.6) is 0 Å². The third kappa shape index (κ3) is 4.55. The van der Waals surface area contributed by atoms with Crippen LogP contribution in [0.1, 0.15) is 31.9 Å². The first kappa shape index (κ1) is 15.9. The molecule has 22 heavy (non-hydrogen) atoms. The van der Waals surface area contributed by atoms with E-state index in [1.807, 2.05) is 30.3 Å². The smallest absolute Gasteiger partial charge is 0.438 e. The lowest BCUT2D eigenvalue weighted by molar-refractivity contribution is 0.0505. The van der Waals surface area contributed by atoms with E-state index in [2.05, 4.69) is 5.10 Å². The van der Waals surface area contributed by atoms with Gasteiger partial charge in [-0.2, -0.15) is 5.10 Å². The largest absolute Gasteiger partial charge is 0.442 e. The molecule has 0 saturated heterocycles. The van der Waals surface area contributed by atoms with Crippen LogP contribution in [0.2, 0.25) is 0 Å². The standard InChI is InChI=1S/C17H20N2O3/c1-17(2,3)22-16(21)19-15(20)11-14(12-18-19)10-9-13-7-5-4-6-8-13/h4-8,11-12H,9-10H2,1-3H3. The van der Waals surface area contributed by atoms with Crippen LogP contribution in [-0.2, 0) is 17.6 Å². The minimum Gasteiger partial charge on any atom is -0.442 e. The Balaban J connectivity index is 2.06. The van der Waals surface area contributed by atoms with Gasteiger partial charge in [0.2, 0.25) is 0 Å². The maximum atomic E-state index is 12.0. The number of ether oxygens (including phenoxy) is 1. The molecule has 0 radical (unpaired) electrons. The summed E-state index contributed by atoms with van der Waals surface area (Å²) in [5.41, 5.74) is 0.858. The molecule has 2 rings (SSSR count). The maximum absolute atomic E-state index is 12.0. The second kappa shape index (κ2) is 6.56. The lowest BCUT2D eigenvalue weighted by Crippen LogP contribution is -2.35. The summed E-state index contributed by atoms with van der Waals surface area (Å²) in [6, 6.07) is 11.4. The van der Waals surface area contributed by atoms with Gasteiger partial charge in [-0.3, -0.25) is 4.79 Å². The summed E-state index contributed by atoms with van der Waals surface area (Å²) in [7, 11) is 0. The van der Waals surface area contributed by atoms with Crippen molar-refractivity contribution >= 4 is 6.09 Å². The Hall–Kier alpha value is -2.43. The van der Waals surface area contributed by atoms with E-state index in [-0.39, 0.29) is 0 Å². The molecule has 0 atom stereocenters. The first-order chi connectivity index (χ1) is 10.3. The minimum absolute atomic E-state index is 0.472. The second-order valence-electron chi connectivity index (χ2n) is 6.08. The third-order valence-corrected chi connectivity index (χ3v) is 2.97. The SMILES string of the molecule is CC(C)(C)OC(=O)n1ncc(CCc2ccccc2)cc1=O. The Labute approximate surface area is 129 Å². The number of aromatic nitrogens is 2. The molecule has 1 heterocycles.